The molecule has 0 heterocycles. The van der Waals surface area contributed by atoms with Crippen molar-refractivity contribution < 1.29 is 18.7 Å². The molecule has 1 aromatic carbocycles. The second-order valence-electron chi connectivity index (χ2n) is 3.56. The number of carbonyl (C=O) groups excluding carboxylic acids is 1. The lowest BCUT2D eigenvalue weighted by atomic mass is 10.1. The van der Waals surface area contributed by atoms with Crippen molar-refractivity contribution in [1.29, 1.82) is 0 Å². The molecule has 0 aromatic heterocycles. The van der Waals surface area contributed by atoms with Crippen molar-refractivity contribution in [2.45, 2.75) is 19.4 Å². The standard InChI is InChI=1S/C11H13FO3/c1-11(2,10(13)14-3)15-9-6-4-5-8(12)7-9/h4-7H,1-3H3. The Bertz CT molecular complexity index is 361. The van der Waals surface area contributed by atoms with Crippen LogP contribution in [-0.2, 0) is 9.53 Å². The molecular weight excluding hydrogens is 199 g/mol. The van der Waals surface area contributed by atoms with Crippen molar-refractivity contribution in [1.82, 2.24) is 0 Å². The van der Waals surface area contributed by atoms with Gasteiger partial charge in [-0.2, -0.15) is 0 Å². The number of halogens is 1. The minimum atomic E-state index is -1.12. The maximum Gasteiger partial charge on any atom is 0.349 e. The molecule has 0 bridgehead atoms. The highest BCUT2D eigenvalue weighted by Crippen LogP contribution is 2.19. The highest BCUT2D eigenvalue weighted by molar-refractivity contribution is 5.78. The van der Waals surface area contributed by atoms with Gasteiger partial charge in [0.15, 0.2) is 5.60 Å². The van der Waals surface area contributed by atoms with Crippen LogP contribution in [0.4, 0.5) is 4.39 Å². The van der Waals surface area contributed by atoms with E-state index in [9.17, 15) is 9.18 Å². The number of esters is 1. The fourth-order valence-corrected chi connectivity index (χ4v) is 1.11. The van der Waals surface area contributed by atoms with Crippen LogP contribution in [-0.4, -0.2) is 18.7 Å². The van der Waals surface area contributed by atoms with E-state index in [0.29, 0.717) is 5.75 Å². The zero-order chi connectivity index (χ0) is 11.5. The minimum absolute atomic E-state index is 0.297. The van der Waals surface area contributed by atoms with E-state index in [1.165, 1.54) is 25.3 Å². The number of methoxy groups -OCH3 is 1. The molecule has 0 saturated carbocycles. The van der Waals surface area contributed by atoms with E-state index in [1.54, 1.807) is 19.9 Å². The van der Waals surface area contributed by atoms with Crippen LogP contribution >= 0.6 is 0 Å². The Hall–Kier alpha value is -1.58. The van der Waals surface area contributed by atoms with Crippen LogP contribution in [0.25, 0.3) is 0 Å². The van der Waals surface area contributed by atoms with Gasteiger partial charge in [-0.25, -0.2) is 9.18 Å². The number of ether oxygens (including phenoxy) is 2. The quantitative estimate of drug-likeness (QED) is 0.720. The van der Waals surface area contributed by atoms with Crippen molar-refractivity contribution in [3.63, 3.8) is 0 Å². The molecule has 82 valence electrons. The Morgan fingerprint density at radius 2 is 2.07 bits per heavy atom. The number of hydrogen-bond acceptors (Lipinski definition) is 3. The molecule has 0 N–H and O–H groups in total. The SMILES string of the molecule is COC(=O)C(C)(C)Oc1cccc(F)c1. The molecule has 0 amide bonds. The van der Waals surface area contributed by atoms with Crippen LogP contribution in [0.1, 0.15) is 13.8 Å². The van der Waals surface area contributed by atoms with Gasteiger partial charge in [-0.15, -0.1) is 0 Å². The molecule has 0 saturated heterocycles. The van der Waals surface area contributed by atoms with Crippen molar-refractivity contribution in [3.05, 3.63) is 30.1 Å². The average molecular weight is 212 g/mol. The first-order chi connectivity index (χ1) is 6.95. The first-order valence-corrected chi connectivity index (χ1v) is 4.49. The van der Waals surface area contributed by atoms with Gasteiger partial charge in [0.05, 0.1) is 7.11 Å². The Morgan fingerprint density at radius 1 is 1.40 bits per heavy atom. The molecule has 0 aliphatic carbocycles. The zero-order valence-corrected chi connectivity index (χ0v) is 8.91. The molecule has 1 rings (SSSR count). The van der Waals surface area contributed by atoms with E-state index < -0.39 is 17.4 Å². The summed E-state index contributed by atoms with van der Waals surface area (Å²) in [6.07, 6.45) is 0. The normalized spacial score (nSPS) is 10.9. The van der Waals surface area contributed by atoms with E-state index >= 15 is 0 Å². The first-order valence-electron chi connectivity index (χ1n) is 4.49. The smallest absolute Gasteiger partial charge is 0.349 e. The second-order valence-corrected chi connectivity index (χ2v) is 3.56. The summed E-state index contributed by atoms with van der Waals surface area (Å²) >= 11 is 0. The van der Waals surface area contributed by atoms with E-state index in [2.05, 4.69) is 4.74 Å². The maximum atomic E-state index is 12.8. The van der Waals surface area contributed by atoms with Gasteiger partial charge in [-0.1, -0.05) is 6.07 Å². The van der Waals surface area contributed by atoms with Gasteiger partial charge < -0.3 is 9.47 Å². The third-order valence-electron chi connectivity index (χ3n) is 1.85. The summed E-state index contributed by atoms with van der Waals surface area (Å²) in [5.74, 6) is -0.620. The third kappa shape index (κ3) is 2.94. The highest BCUT2D eigenvalue weighted by Gasteiger charge is 2.31. The minimum Gasteiger partial charge on any atom is -0.476 e. The topological polar surface area (TPSA) is 35.5 Å². The largest absolute Gasteiger partial charge is 0.476 e. The second kappa shape index (κ2) is 4.29. The predicted octanol–water partition coefficient (Wildman–Crippen LogP) is 2.16. The fraction of sp³-hybridized carbons (Fsp3) is 0.364. The zero-order valence-electron chi connectivity index (χ0n) is 8.91. The molecule has 0 unspecified atom stereocenters. The molecule has 3 nitrogen and oxygen atoms in total. The molecule has 0 atom stereocenters. The summed E-state index contributed by atoms with van der Waals surface area (Å²) < 4.78 is 22.7. The number of hydrogen-bond donors (Lipinski definition) is 0. The van der Waals surface area contributed by atoms with Gasteiger partial charge in [0.2, 0.25) is 0 Å². The molecule has 0 aliphatic rings. The van der Waals surface area contributed by atoms with E-state index in [-0.39, 0.29) is 0 Å². The first kappa shape index (κ1) is 11.5. The Kier molecular flexibility index (Phi) is 3.29. The lowest BCUT2D eigenvalue weighted by Crippen LogP contribution is -2.39. The summed E-state index contributed by atoms with van der Waals surface area (Å²) in [4.78, 5) is 11.3. The summed E-state index contributed by atoms with van der Waals surface area (Å²) in [6.45, 7) is 3.12. The molecule has 15 heavy (non-hydrogen) atoms. The Labute approximate surface area is 87.8 Å². The van der Waals surface area contributed by atoms with E-state index in [1.807, 2.05) is 0 Å². The number of carbonyl (C=O) groups is 1. The maximum absolute atomic E-state index is 12.8. The molecular formula is C11H13FO3. The molecule has 0 fully saturated rings. The summed E-state index contributed by atoms with van der Waals surface area (Å²) in [6, 6.07) is 5.61. The van der Waals surface area contributed by atoms with Crippen LogP contribution in [0.15, 0.2) is 24.3 Å². The monoisotopic (exact) mass is 212 g/mol. The van der Waals surface area contributed by atoms with Crippen molar-refractivity contribution in [2.75, 3.05) is 7.11 Å². The number of benzene rings is 1. The van der Waals surface area contributed by atoms with Crippen LogP contribution in [0, 0.1) is 5.82 Å². The lowest BCUT2D eigenvalue weighted by Gasteiger charge is -2.23. The fourth-order valence-electron chi connectivity index (χ4n) is 1.11. The average Bonchev–Trinajstić information content (AvgIpc) is 2.15. The molecule has 1 aromatic rings. The van der Waals surface area contributed by atoms with Gasteiger partial charge >= 0.3 is 5.97 Å². The van der Waals surface area contributed by atoms with E-state index in [0.717, 1.165) is 0 Å². The van der Waals surface area contributed by atoms with Gasteiger partial charge in [0.1, 0.15) is 11.6 Å². The van der Waals surface area contributed by atoms with Crippen molar-refractivity contribution >= 4 is 5.97 Å². The predicted molar refractivity (Wildman–Crippen MR) is 53.1 cm³/mol. The van der Waals surface area contributed by atoms with Crippen LogP contribution < -0.4 is 4.74 Å². The van der Waals surface area contributed by atoms with Gasteiger partial charge in [0.25, 0.3) is 0 Å². The van der Waals surface area contributed by atoms with Gasteiger partial charge in [0, 0.05) is 6.07 Å². The highest BCUT2D eigenvalue weighted by atomic mass is 19.1. The van der Waals surface area contributed by atoms with Gasteiger partial charge in [-0.05, 0) is 26.0 Å². The Balaban J connectivity index is 2.81. The van der Waals surface area contributed by atoms with Crippen LogP contribution in [0.2, 0.25) is 0 Å². The van der Waals surface area contributed by atoms with Crippen molar-refractivity contribution in [3.8, 4) is 5.75 Å². The summed E-state index contributed by atoms with van der Waals surface area (Å²) in [7, 11) is 1.28. The van der Waals surface area contributed by atoms with Crippen LogP contribution in [0.5, 0.6) is 5.75 Å². The van der Waals surface area contributed by atoms with Crippen LogP contribution in [0.3, 0.4) is 0 Å². The van der Waals surface area contributed by atoms with Gasteiger partial charge in [-0.3, -0.25) is 0 Å². The molecule has 0 spiro atoms. The number of rotatable bonds is 3. The summed E-state index contributed by atoms with van der Waals surface area (Å²) in [5, 5.41) is 0. The molecule has 0 aliphatic heterocycles. The van der Waals surface area contributed by atoms with Crippen molar-refractivity contribution in [2.24, 2.45) is 0 Å². The third-order valence-corrected chi connectivity index (χ3v) is 1.85. The Morgan fingerprint density at radius 3 is 2.60 bits per heavy atom. The lowest BCUT2D eigenvalue weighted by molar-refractivity contribution is -0.156. The molecule has 4 heteroatoms. The van der Waals surface area contributed by atoms with E-state index in [4.69, 9.17) is 4.74 Å². The summed E-state index contributed by atoms with van der Waals surface area (Å²) in [5.41, 5.74) is -1.12. The molecule has 0 radical (unpaired) electrons.